The lowest BCUT2D eigenvalue weighted by molar-refractivity contribution is -0.126. The van der Waals surface area contributed by atoms with Crippen LogP contribution in [0.5, 0.6) is 0 Å². The minimum absolute atomic E-state index is 0.0225. The highest BCUT2D eigenvalue weighted by Gasteiger charge is 2.15. The third kappa shape index (κ3) is 3.33. The van der Waals surface area contributed by atoms with Crippen molar-refractivity contribution in [1.29, 1.82) is 0 Å². The highest BCUT2D eigenvalue weighted by Crippen LogP contribution is 2.04. The zero-order valence-electron chi connectivity index (χ0n) is 7.52. The summed E-state index contributed by atoms with van der Waals surface area (Å²) in [6.07, 6.45) is 0.442. The lowest BCUT2D eigenvalue weighted by atomic mass is 10.1. The Labute approximate surface area is 68.2 Å². The van der Waals surface area contributed by atoms with Crippen molar-refractivity contribution in [1.82, 2.24) is 0 Å². The second kappa shape index (κ2) is 5.08. The SMILES string of the molecule is C=C(C)C(=O)C(CC)OCC. The number of hydrogen-bond acceptors (Lipinski definition) is 2. The maximum Gasteiger partial charge on any atom is 0.186 e. The number of ketones is 1. The van der Waals surface area contributed by atoms with Crippen LogP contribution in [0.3, 0.4) is 0 Å². The molecule has 0 amide bonds. The Balaban J connectivity index is 4.02. The average molecular weight is 156 g/mol. The Morgan fingerprint density at radius 1 is 1.55 bits per heavy atom. The van der Waals surface area contributed by atoms with Gasteiger partial charge in [0.1, 0.15) is 6.10 Å². The molecule has 0 aromatic heterocycles. The van der Waals surface area contributed by atoms with Gasteiger partial charge in [-0.3, -0.25) is 4.79 Å². The van der Waals surface area contributed by atoms with E-state index in [4.69, 9.17) is 4.74 Å². The van der Waals surface area contributed by atoms with Crippen molar-refractivity contribution in [3.8, 4) is 0 Å². The van der Waals surface area contributed by atoms with Crippen LogP contribution >= 0.6 is 0 Å². The minimum Gasteiger partial charge on any atom is -0.370 e. The number of Topliss-reactive ketones (excluding diaryl/α,β-unsaturated/α-hetero) is 1. The number of rotatable bonds is 5. The van der Waals surface area contributed by atoms with E-state index in [-0.39, 0.29) is 11.9 Å². The first kappa shape index (κ1) is 10.4. The number of ether oxygens (including phenoxy) is 1. The summed E-state index contributed by atoms with van der Waals surface area (Å²) < 4.78 is 5.20. The van der Waals surface area contributed by atoms with Crippen LogP contribution in [0.15, 0.2) is 12.2 Å². The van der Waals surface area contributed by atoms with Crippen LogP contribution in [0.2, 0.25) is 0 Å². The van der Waals surface area contributed by atoms with Crippen LogP contribution in [0, 0.1) is 0 Å². The standard InChI is InChI=1S/C9H16O2/c1-5-8(11-6-2)9(10)7(3)4/h8H,3,5-6H2,1-2,4H3. The van der Waals surface area contributed by atoms with Crippen LogP contribution in [-0.2, 0) is 9.53 Å². The van der Waals surface area contributed by atoms with Crippen molar-refractivity contribution in [3.05, 3.63) is 12.2 Å². The molecular weight excluding hydrogens is 140 g/mol. The number of carbonyl (C=O) groups is 1. The predicted octanol–water partition coefficient (Wildman–Crippen LogP) is 1.95. The van der Waals surface area contributed by atoms with Crippen LogP contribution < -0.4 is 0 Å². The van der Waals surface area contributed by atoms with Gasteiger partial charge < -0.3 is 4.74 Å². The molecule has 1 unspecified atom stereocenters. The van der Waals surface area contributed by atoms with Gasteiger partial charge in [-0.1, -0.05) is 13.5 Å². The fourth-order valence-corrected chi connectivity index (χ4v) is 0.855. The van der Waals surface area contributed by atoms with E-state index in [0.717, 1.165) is 6.42 Å². The molecule has 2 nitrogen and oxygen atoms in total. The van der Waals surface area contributed by atoms with Crippen LogP contribution in [0.4, 0.5) is 0 Å². The lowest BCUT2D eigenvalue weighted by Gasteiger charge is -2.12. The molecule has 0 aliphatic heterocycles. The molecule has 0 aliphatic rings. The molecule has 0 heterocycles. The Morgan fingerprint density at radius 2 is 2.09 bits per heavy atom. The molecule has 0 saturated carbocycles. The average Bonchev–Trinajstić information content (AvgIpc) is 1.98. The Bertz CT molecular complexity index is 150. The van der Waals surface area contributed by atoms with Gasteiger partial charge in [0, 0.05) is 6.61 Å². The normalized spacial score (nSPS) is 12.6. The highest BCUT2D eigenvalue weighted by atomic mass is 16.5. The van der Waals surface area contributed by atoms with Gasteiger partial charge in [-0.2, -0.15) is 0 Å². The van der Waals surface area contributed by atoms with Gasteiger partial charge in [0.2, 0.25) is 0 Å². The molecule has 0 fully saturated rings. The van der Waals surface area contributed by atoms with Gasteiger partial charge in [0.25, 0.3) is 0 Å². The molecule has 0 aromatic carbocycles. The topological polar surface area (TPSA) is 26.3 Å². The van der Waals surface area contributed by atoms with E-state index in [2.05, 4.69) is 6.58 Å². The highest BCUT2D eigenvalue weighted by molar-refractivity contribution is 5.97. The number of carbonyl (C=O) groups excluding carboxylic acids is 1. The lowest BCUT2D eigenvalue weighted by Crippen LogP contribution is -2.23. The first-order chi connectivity index (χ1) is 5.13. The van der Waals surface area contributed by atoms with E-state index in [1.807, 2.05) is 13.8 Å². The fourth-order valence-electron chi connectivity index (χ4n) is 0.855. The molecule has 1 atom stereocenters. The maximum atomic E-state index is 11.2. The van der Waals surface area contributed by atoms with Crippen molar-refractivity contribution < 1.29 is 9.53 Å². The third-order valence-corrected chi connectivity index (χ3v) is 1.45. The summed E-state index contributed by atoms with van der Waals surface area (Å²) in [5.41, 5.74) is 0.574. The molecule has 0 N–H and O–H groups in total. The summed E-state index contributed by atoms with van der Waals surface area (Å²) in [6, 6.07) is 0. The molecule has 2 heteroatoms. The zero-order chi connectivity index (χ0) is 8.85. The zero-order valence-corrected chi connectivity index (χ0v) is 7.52. The van der Waals surface area contributed by atoms with E-state index >= 15 is 0 Å². The van der Waals surface area contributed by atoms with Gasteiger partial charge in [0.15, 0.2) is 5.78 Å². The van der Waals surface area contributed by atoms with E-state index in [0.29, 0.717) is 12.2 Å². The van der Waals surface area contributed by atoms with Crippen molar-refractivity contribution in [2.75, 3.05) is 6.61 Å². The molecule has 0 saturated heterocycles. The second-order valence-electron chi connectivity index (χ2n) is 2.50. The largest absolute Gasteiger partial charge is 0.370 e. The van der Waals surface area contributed by atoms with Gasteiger partial charge in [0.05, 0.1) is 0 Å². The molecule has 0 rings (SSSR count). The fraction of sp³-hybridized carbons (Fsp3) is 0.667. The van der Waals surface area contributed by atoms with Gasteiger partial charge >= 0.3 is 0 Å². The Morgan fingerprint density at radius 3 is 2.36 bits per heavy atom. The third-order valence-electron chi connectivity index (χ3n) is 1.45. The summed E-state index contributed by atoms with van der Waals surface area (Å²) in [6.45, 7) is 9.68. The monoisotopic (exact) mass is 156 g/mol. The summed E-state index contributed by atoms with van der Waals surface area (Å²) in [7, 11) is 0. The summed E-state index contributed by atoms with van der Waals surface area (Å²) in [5, 5.41) is 0. The Kier molecular flexibility index (Phi) is 4.79. The quantitative estimate of drug-likeness (QED) is 0.569. The first-order valence-electron chi connectivity index (χ1n) is 3.94. The molecule has 0 radical (unpaired) electrons. The molecule has 0 bridgehead atoms. The number of hydrogen-bond donors (Lipinski definition) is 0. The van der Waals surface area contributed by atoms with E-state index in [9.17, 15) is 4.79 Å². The first-order valence-corrected chi connectivity index (χ1v) is 3.94. The summed E-state index contributed by atoms with van der Waals surface area (Å²) >= 11 is 0. The van der Waals surface area contributed by atoms with Crippen LogP contribution in [-0.4, -0.2) is 18.5 Å². The van der Waals surface area contributed by atoms with Crippen molar-refractivity contribution in [2.24, 2.45) is 0 Å². The summed E-state index contributed by atoms with van der Waals surface area (Å²) in [5.74, 6) is 0.0225. The van der Waals surface area contributed by atoms with Crippen molar-refractivity contribution in [2.45, 2.75) is 33.3 Å². The Hall–Kier alpha value is -0.630. The molecular formula is C9H16O2. The molecule has 0 spiro atoms. The van der Waals surface area contributed by atoms with Crippen molar-refractivity contribution in [3.63, 3.8) is 0 Å². The van der Waals surface area contributed by atoms with E-state index in [1.54, 1.807) is 6.92 Å². The summed E-state index contributed by atoms with van der Waals surface area (Å²) in [4.78, 5) is 11.2. The predicted molar refractivity (Wildman–Crippen MR) is 45.5 cm³/mol. The van der Waals surface area contributed by atoms with Gasteiger partial charge in [-0.05, 0) is 25.8 Å². The van der Waals surface area contributed by atoms with Gasteiger partial charge in [-0.15, -0.1) is 0 Å². The van der Waals surface area contributed by atoms with Crippen LogP contribution in [0.25, 0.3) is 0 Å². The molecule has 0 aliphatic carbocycles. The second-order valence-corrected chi connectivity index (χ2v) is 2.50. The molecule has 11 heavy (non-hydrogen) atoms. The smallest absolute Gasteiger partial charge is 0.186 e. The maximum absolute atomic E-state index is 11.2. The molecule has 64 valence electrons. The van der Waals surface area contributed by atoms with Gasteiger partial charge in [-0.25, -0.2) is 0 Å². The van der Waals surface area contributed by atoms with E-state index in [1.165, 1.54) is 0 Å². The van der Waals surface area contributed by atoms with E-state index < -0.39 is 0 Å². The molecule has 0 aromatic rings. The van der Waals surface area contributed by atoms with Crippen LogP contribution in [0.1, 0.15) is 27.2 Å². The minimum atomic E-state index is -0.280. The van der Waals surface area contributed by atoms with Crippen molar-refractivity contribution >= 4 is 5.78 Å².